The summed E-state index contributed by atoms with van der Waals surface area (Å²) in [6, 6.07) is 19.6. The Morgan fingerprint density at radius 2 is 1.83 bits per heavy atom. The molecule has 1 aliphatic heterocycles. The first-order chi connectivity index (χ1) is 11.3. The summed E-state index contributed by atoms with van der Waals surface area (Å²) in [5.74, 6) is 0.687. The highest BCUT2D eigenvalue weighted by atomic mass is 16.2. The maximum Gasteiger partial charge on any atom is 0.253 e. The van der Waals surface area contributed by atoms with Crippen LogP contribution in [0.2, 0.25) is 0 Å². The lowest BCUT2D eigenvalue weighted by atomic mass is 9.90. The van der Waals surface area contributed by atoms with Crippen LogP contribution in [0.15, 0.2) is 54.6 Å². The van der Waals surface area contributed by atoms with E-state index < -0.39 is 0 Å². The molecule has 0 unspecified atom stereocenters. The number of rotatable bonds is 3. The molecule has 3 rings (SSSR count). The molecule has 2 aromatic rings. The van der Waals surface area contributed by atoms with Gasteiger partial charge in [-0.1, -0.05) is 36.4 Å². The molecule has 1 aliphatic rings. The number of hydrogen-bond acceptors (Lipinski definition) is 2. The second kappa shape index (κ2) is 7.11. The van der Waals surface area contributed by atoms with E-state index in [0.29, 0.717) is 17.0 Å². The molecule has 1 heterocycles. The molecule has 3 nitrogen and oxygen atoms in total. The third-order valence-corrected chi connectivity index (χ3v) is 4.51. The van der Waals surface area contributed by atoms with Gasteiger partial charge < -0.3 is 4.90 Å². The van der Waals surface area contributed by atoms with E-state index in [2.05, 4.69) is 30.3 Å². The number of nitrogens with zero attached hydrogens (tertiary/aromatic N) is 2. The summed E-state index contributed by atoms with van der Waals surface area (Å²) in [6.07, 6.45) is 3.17. The summed E-state index contributed by atoms with van der Waals surface area (Å²) < 4.78 is 0. The molecule has 0 N–H and O–H groups in total. The fraction of sp³-hybridized carbons (Fsp3) is 0.300. The van der Waals surface area contributed by atoms with E-state index in [1.165, 1.54) is 5.56 Å². The van der Waals surface area contributed by atoms with Crippen LogP contribution in [0, 0.1) is 17.2 Å². The van der Waals surface area contributed by atoms with Crippen molar-refractivity contribution >= 4 is 5.91 Å². The SMILES string of the molecule is N#Cc1cccc(C(=O)N2CCC(Cc3ccccc3)CC2)c1. The van der Waals surface area contributed by atoms with Gasteiger partial charge in [-0.25, -0.2) is 0 Å². The van der Waals surface area contributed by atoms with Gasteiger partial charge in [-0.2, -0.15) is 5.26 Å². The summed E-state index contributed by atoms with van der Waals surface area (Å²) in [5.41, 5.74) is 2.53. The second-order valence-electron chi connectivity index (χ2n) is 6.12. The third kappa shape index (κ3) is 3.78. The molecule has 0 atom stereocenters. The van der Waals surface area contributed by atoms with Gasteiger partial charge in [0.15, 0.2) is 0 Å². The fourth-order valence-electron chi connectivity index (χ4n) is 3.19. The van der Waals surface area contributed by atoms with E-state index in [1.54, 1.807) is 24.3 Å². The standard InChI is InChI=1S/C20H20N2O/c21-15-18-7-4-8-19(14-18)20(23)22-11-9-17(10-12-22)13-16-5-2-1-3-6-16/h1-8,14,17H,9-13H2. The Morgan fingerprint density at radius 3 is 2.52 bits per heavy atom. The van der Waals surface area contributed by atoms with Crippen molar-refractivity contribution in [3.63, 3.8) is 0 Å². The highest BCUT2D eigenvalue weighted by molar-refractivity contribution is 5.94. The minimum Gasteiger partial charge on any atom is -0.339 e. The first kappa shape index (κ1) is 15.3. The van der Waals surface area contributed by atoms with E-state index in [1.807, 2.05) is 11.0 Å². The Kier molecular flexibility index (Phi) is 4.73. The van der Waals surface area contributed by atoms with E-state index in [9.17, 15) is 4.79 Å². The van der Waals surface area contributed by atoms with Gasteiger partial charge in [0.2, 0.25) is 0 Å². The molecule has 1 saturated heterocycles. The maximum atomic E-state index is 12.5. The van der Waals surface area contributed by atoms with Gasteiger partial charge >= 0.3 is 0 Å². The lowest BCUT2D eigenvalue weighted by Crippen LogP contribution is -2.38. The van der Waals surface area contributed by atoms with E-state index in [4.69, 9.17) is 5.26 Å². The Labute approximate surface area is 137 Å². The van der Waals surface area contributed by atoms with Crippen molar-refractivity contribution in [1.29, 1.82) is 5.26 Å². The average Bonchev–Trinajstić information content (AvgIpc) is 2.63. The summed E-state index contributed by atoms with van der Waals surface area (Å²) in [7, 11) is 0. The zero-order valence-electron chi connectivity index (χ0n) is 13.1. The van der Waals surface area contributed by atoms with Gasteiger partial charge in [0.1, 0.15) is 0 Å². The van der Waals surface area contributed by atoms with Crippen LogP contribution in [0.1, 0.15) is 34.3 Å². The lowest BCUT2D eigenvalue weighted by molar-refractivity contribution is 0.0690. The Balaban J connectivity index is 1.58. The van der Waals surface area contributed by atoms with Crippen LogP contribution in [0.25, 0.3) is 0 Å². The highest BCUT2D eigenvalue weighted by Crippen LogP contribution is 2.23. The predicted octanol–water partition coefficient (Wildman–Crippen LogP) is 3.65. The van der Waals surface area contributed by atoms with Crippen LogP contribution in [-0.2, 0) is 6.42 Å². The molecule has 3 heteroatoms. The van der Waals surface area contributed by atoms with Crippen LogP contribution in [0.4, 0.5) is 0 Å². The number of piperidine rings is 1. The molecule has 1 amide bonds. The molecule has 23 heavy (non-hydrogen) atoms. The first-order valence-corrected chi connectivity index (χ1v) is 8.09. The zero-order valence-corrected chi connectivity index (χ0v) is 13.1. The van der Waals surface area contributed by atoms with Crippen molar-refractivity contribution in [1.82, 2.24) is 4.90 Å². The molecule has 0 bridgehead atoms. The molecule has 0 aliphatic carbocycles. The summed E-state index contributed by atoms with van der Waals surface area (Å²) in [4.78, 5) is 14.5. The van der Waals surface area contributed by atoms with Crippen LogP contribution in [0.3, 0.4) is 0 Å². The van der Waals surface area contributed by atoms with Crippen molar-refractivity contribution in [2.45, 2.75) is 19.3 Å². The molecule has 116 valence electrons. The van der Waals surface area contributed by atoms with Crippen LogP contribution < -0.4 is 0 Å². The first-order valence-electron chi connectivity index (χ1n) is 8.09. The predicted molar refractivity (Wildman–Crippen MR) is 89.9 cm³/mol. The number of amides is 1. The van der Waals surface area contributed by atoms with Crippen LogP contribution in [0.5, 0.6) is 0 Å². The molecule has 0 radical (unpaired) electrons. The molecule has 1 fully saturated rings. The number of likely N-dealkylation sites (tertiary alicyclic amines) is 1. The van der Waals surface area contributed by atoms with E-state index in [-0.39, 0.29) is 5.91 Å². The number of benzene rings is 2. The molecule has 0 saturated carbocycles. The van der Waals surface area contributed by atoms with Crippen molar-refractivity contribution in [3.8, 4) is 6.07 Å². The van der Waals surface area contributed by atoms with Gasteiger partial charge in [-0.3, -0.25) is 4.79 Å². The second-order valence-corrected chi connectivity index (χ2v) is 6.12. The summed E-state index contributed by atoms with van der Waals surface area (Å²) in [6.45, 7) is 1.60. The highest BCUT2D eigenvalue weighted by Gasteiger charge is 2.23. The summed E-state index contributed by atoms with van der Waals surface area (Å²) in [5, 5.41) is 8.95. The third-order valence-electron chi connectivity index (χ3n) is 4.51. The van der Waals surface area contributed by atoms with Crippen LogP contribution >= 0.6 is 0 Å². The minimum atomic E-state index is 0.0419. The smallest absolute Gasteiger partial charge is 0.253 e. The number of carbonyl (C=O) groups excluding carboxylic acids is 1. The molecule has 0 spiro atoms. The van der Waals surface area contributed by atoms with Gasteiger partial charge in [-0.05, 0) is 48.9 Å². The average molecular weight is 304 g/mol. The van der Waals surface area contributed by atoms with Gasteiger partial charge in [0.05, 0.1) is 11.6 Å². The topological polar surface area (TPSA) is 44.1 Å². The normalized spacial score (nSPS) is 15.2. The lowest BCUT2D eigenvalue weighted by Gasteiger charge is -2.32. The maximum absolute atomic E-state index is 12.5. The zero-order chi connectivity index (χ0) is 16.1. The van der Waals surface area contributed by atoms with Gasteiger partial charge in [0, 0.05) is 18.7 Å². The monoisotopic (exact) mass is 304 g/mol. The molecule has 2 aromatic carbocycles. The number of carbonyl (C=O) groups is 1. The van der Waals surface area contributed by atoms with Crippen molar-refractivity contribution in [2.75, 3.05) is 13.1 Å². The molecular weight excluding hydrogens is 284 g/mol. The summed E-state index contributed by atoms with van der Waals surface area (Å²) >= 11 is 0. The van der Waals surface area contributed by atoms with Gasteiger partial charge in [0.25, 0.3) is 5.91 Å². The quantitative estimate of drug-likeness (QED) is 0.868. The van der Waals surface area contributed by atoms with E-state index >= 15 is 0 Å². The largest absolute Gasteiger partial charge is 0.339 e. The molecule has 0 aromatic heterocycles. The van der Waals surface area contributed by atoms with Crippen LogP contribution in [-0.4, -0.2) is 23.9 Å². The number of nitriles is 1. The minimum absolute atomic E-state index is 0.0419. The van der Waals surface area contributed by atoms with Gasteiger partial charge in [-0.15, -0.1) is 0 Å². The van der Waals surface area contributed by atoms with Crippen molar-refractivity contribution < 1.29 is 4.79 Å². The Morgan fingerprint density at radius 1 is 1.09 bits per heavy atom. The number of hydrogen-bond donors (Lipinski definition) is 0. The van der Waals surface area contributed by atoms with Crippen molar-refractivity contribution in [3.05, 3.63) is 71.3 Å². The molecular formula is C20H20N2O. The van der Waals surface area contributed by atoms with E-state index in [0.717, 1.165) is 32.4 Å². The fourth-order valence-corrected chi connectivity index (χ4v) is 3.19. The Bertz CT molecular complexity index is 710. The van der Waals surface area contributed by atoms with Crippen molar-refractivity contribution in [2.24, 2.45) is 5.92 Å². The Hall–Kier alpha value is -2.60.